The molecule has 2 nitrogen and oxygen atoms in total. The van der Waals surface area contributed by atoms with E-state index in [-0.39, 0.29) is 5.41 Å². The van der Waals surface area contributed by atoms with Crippen LogP contribution in [0.5, 0.6) is 0 Å². The lowest BCUT2D eigenvalue weighted by atomic mass is 9.49. The Kier molecular flexibility index (Phi) is 3.51. The average Bonchev–Trinajstić information content (AvgIpc) is 2.84. The van der Waals surface area contributed by atoms with Crippen molar-refractivity contribution in [2.24, 2.45) is 40.9 Å². The summed E-state index contributed by atoms with van der Waals surface area (Å²) in [6, 6.07) is 0. The van der Waals surface area contributed by atoms with Gasteiger partial charge in [0.2, 0.25) is 0 Å². The Bertz CT molecular complexity index is 496. The fraction of sp³-hybridized carbons (Fsp3) is 0.900. The second-order valence-electron chi connectivity index (χ2n) is 9.00. The number of carbonyl (C=O) groups excluding carboxylic acids is 2. The van der Waals surface area contributed by atoms with E-state index < -0.39 is 0 Å². The third kappa shape index (κ3) is 2.05. The van der Waals surface area contributed by atoms with Crippen LogP contribution >= 0.6 is 0 Å². The topological polar surface area (TPSA) is 34.1 Å². The second-order valence-corrected chi connectivity index (χ2v) is 9.00. The van der Waals surface area contributed by atoms with Gasteiger partial charge in [-0.05, 0) is 86.9 Å². The zero-order valence-corrected chi connectivity index (χ0v) is 14.1. The maximum atomic E-state index is 12.1. The van der Waals surface area contributed by atoms with Crippen LogP contribution in [0.15, 0.2) is 0 Å². The van der Waals surface area contributed by atoms with Gasteiger partial charge in [-0.15, -0.1) is 0 Å². The largest absolute Gasteiger partial charge is 0.300 e. The first-order chi connectivity index (χ1) is 10.5. The van der Waals surface area contributed by atoms with Crippen molar-refractivity contribution >= 4 is 11.6 Å². The molecule has 0 aromatic rings. The maximum absolute atomic E-state index is 12.1. The van der Waals surface area contributed by atoms with Crippen molar-refractivity contribution in [3.05, 3.63) is 0 Å². The third-order valence-corrected chi connectivity index (χ3v) is 8.26. The third-order valence-electron chi connectivity index (χ3n) is 8.26. The van der Waals surface area contributed by atoms with Crippen LogP contribution in [0.25, 0.3) is 0 Å². The minimum atomic E-state index is 0.282. The van der Waals surface area contributed by atoms with Crippen LogP contribution in [-0.4, -0.2) is 11.6 Å². The van der Waals surface area contributed by atoms with Crippen LogP contribution in [0.2, 0.25) is 0 Å². The Hall–Kier alpha value is -0.660. The first-order valence-electron chi connectivity index (χ1n) is 9.53. The lowest BCUT2D eigenvalue weighted by Crippen LogP contribution is -2.49. The zero-order chi connectivity index (χ0) is 15.5. The first kappa shape index (κ1) is 14.9. The fourth-order valence-electron chi connectivity index (χ4n) is 7.33. The van der Waals surface area contributed by atoms with E-state index in [1.807, 2.05) is 6.92 Å². The molecule has 2 heteroatoms. The van der Waals surface area contributed by atoms with E-state index in [2.05, 4.69) is 6.92 Å². The zero-order valence-electron chi connectivity index (χ0n) is 14.1. The summed E-state index contributed by atoms with van der Waals surface area (Å²) in [7, 11) is 0. The van der Waals surface area contributed by atoms with Crippen molar-refractivity contribution in [1.82, 2.24) is 0 Å². The van der Waals surface area contributed by atoms with E-state index >= 15 is 0 Å². The van der Waals surface area contributed by atoms with E-state index in [0.29, 0.717) is 23.4 Å². The van der Waals surface area contributed by atoms with Crippen molar-refractivity contribution in [1.29, 1.82) is 0 Å². The van der Waals surface area contributed by atoms with Crippen LogP contribution < -0.4 is 0 Å². The molecule has 0 bridgehead atoms. The van der Waals surface area contributed by atoms with Gasteiger partial charge in [-0.25, -0.2) is 0 Å². The number of rotatable bonds is 1. The monoisotopic (exact) mass is 302 g/mol. The molecule has 0 heterocycles. The average molecular weight is 302 g/mol. The van der Waals surface area contributed by atoms with Crippen LogP contribution in [0.4, 0.5) is 0 Å². The number of carbonyl (C=O) groups is 2. The molecule has 0 spiro atoms. The summed E-state index contributed by atoms with van der Waals surface area (Å²) in [5, 5.41) is 0. The number of fused-ring (bicyclic) bond motifs is 5. The Balaban J connectivity index is 1.58. The molecular weight excluding hydrogens is 272 g/mol. The van der Waals surface area contributed by atoms with Gasteiger partial charge in [-0.1, -0.05) is 6.92 Å². The van der Waals surface area contributed by atoms with Crippen molar-refractivity contribution in [2.45, 2.75) is 71.6 Å². The quantitative estimate of drug-likeness (QED) is 0.719. The first-order valence-corrected chi connectivity index (χ1v) is 9.53. The Morgan fingerprint density at radius 3 is 2.59 bits per heavy atom. The molecule has 4 saturated carbocycles. The van der Waals surface area contributed by atoms with Crippen molar-refractivity contribution in [3.8, 4) is 0 Å². The molecule has 0 radical (unpaired) electrons. The summed E-state index contributed by atoms with van der Waals surface area (Å²) >= 11 is 0. The van der Waals surface area contributed by atoms with Gasteiger partial charge in [-0.3, -0.25) is 9.59 Å². The number of Topliss-reactive ketones (excluding diaryl/α,β-unsaturated/α-hetero) is 2. The van der Waals surface area contributed by atoms with Gasteiger partial charge in [0.05, 0.1) is 0 Å². The summed E-state index contributed by atoms with van der Waals surface area (Å²) in [4.78, 5) is 23.9. The van der Waals surface area contributed by atoms with E-state index in [4.69, 9.17) is 0 Å². The van der Waals surface area contributed by atoms with E-state index in [9.17, 15) is 9.59 Å². The molecule has 7 atom stereocenters. The van der Waals surface area contributed by atoms with Gasteiger partial charge < -0.3 is 0 Å². The highest BCUT2D eigenvalue weighted by Crippen LogP contribution is 2.64. The highest BCUT2D eigenvalue weighted by atomic mass is 16.1. The summed E-state index contributed by atoms with van der Waals surface area (Å²) in [6.45, 7) is 4.23. The van der Waals surface area contributed by atoms with Crippen molar-refractivity contribution in [2.75, 3.05) is 0 Å². The van der Waals surface area contributed by atoms with E-state index in [1.54, 1.807) is 0 Å². The lowest BCUT2D eigenvalue weighted by molar-refractivity contribution is -0.132. The molecule has 0 aromatic carbocycles. The van der Waals surface area contributed by atoms with Crippen molar-refractivity contribution in [3.63, 3.8) is 0 Å². The van der Waals surface area contributed by atoms with Crippen molar-refractivity contribution < 1.29 is 9.59 Å². The van der Waals surface area contributed by atoms with Crippen LogP contribution in [0, 0.1) is 40.9 Å². The minimum absolute atomic E-state index is 0.282. The molecule has 122 valence electrons. The molecule has 2 unspecified atom stereocenters. The molecule has 4 fully saturated rings. The summed E-state index contributed by atoms with van der Waals surface area (Å²) in [6.07, 6.45) is 10.4. The summed E-state index contributed by atoms with van der Waals surface area (Å²) in [5.41, 5.74) is 0.282. The Morgan fingerprint density at radius 1 is 1.00 bits per heavy atom. The molecule has 0 N–H and O–H groups in total. The highest BCUT2D eigenvalue weighted by Gasteiger charge is 2.57. The Labute approximate surface area is 134 Å². The van der Waals surface area contributed by atoms with Crippen LogP contribution in [0.1, 0.15) is 71.6 Å². The lowest BCUT2D eigenvalue weighted by Gasteiger charge is -2.55. The molecule has 0 saturated heterocycles. The molecule has 0 amide bonds. The molecule has 0 aliphatic heterocycles. The molecular formula is C20H30O2. The summed E-state index contributed by atoms with van der Waals surface area (Å²) < 4.78 is 0. The SMILES string of the molecule is CC(=O)[C@H]1CC[C@H]2[C@@H]3CC[C@@H]4CC(=O)CCC4[C@H]3CCC12C. The van der Waals surface area contributed by atoms with Gasteiger partial charge in [0.15, 0.2) is 0 Å². The molecule has 22 heavy (non-hydrogen) atoms. The number of ketones is 2. The predicted molar refractivity (Wildman–Crippen MR) is 86.3 cm³/mol. The molecule has 0 aromatic heterocycles. The van der Waals surface area contributed by atoms with Gasteiger partial charge >= 0.3 is 0 Å². The Morgan fingerprint density at radius 2 is 1.82 bits per heavy atom. The van der Waals surface area contributed by atoms with E-state index in [1.165, 1.54) is 32.1 Å². The van der Waals surface area contributed by atoms with Gasteiger partial charge in [-0.2, -0.15) is 0 Å². The van der Waals surface area contributed by atoms with Crippen LogP contribution in [0.3, 0.4) is 0 Å². The fourth-order valence-corrected chi connectivity index (χ4v) is 7.33. The molecule has 4 rings (SSSR count). The maximum Gasteiger partial charge on any atom is 0.133 e. The van der Waals surface area contributed by atoms with Gasteiger partial charge in [0.25, 0.3) is 0 Å². The van der Waals surface area contributed by atoms with Gasteiger partial charge in [0.1, 0.15) is 11.6 Å². The number of hydrogen-bond donors (Lipinski definition) is 0. The normalized spacial score (nSPS) is 50.9. The standard InChI is InChI=1S/C20H30O2/c1-12(21)18-7-8-19-17-5-3-13-11-14(22)4-6-15(13)16(17)9-10-20(18,19)2/h13,15-19H,3-11H2,1-2H3/t13-,15?,16-,17-,18-,19+,20?/m1/s1. The highest BCUT2D eigenvalue weighted by molar-refractivity contribution is 5.80. The van der Waals surface area contributed by atoms with Crippen LogP contribution in [-0.2, 0) is 9.59 Å². The molecule has 4 aliphatic rings. The minimum Gasteiger partial charge on any atom is -0.300 e. The predicted octanol–water partition coefficient (Wildman–Crippen LogP) is 4.41. The number of hydrogen-bond acceptors (Lipinski definition) is 2. The molecule has 4 aliphatic carbocycles. The summed E-state index contributed by atoms with van der Waals surface area (Å²) in [5.74, 6) is 5.25. The van der Waals surface area contributed by atoms with Gasteiger partial charge in [0, 0.05) is 18.8 Å². The second kappa shape index (κ2) is 5.18. The van der Waals surface area contributed by atoms with E-state index in [0.717, 1.165) is 49.4 Å². The smallest absolute Gasteiger partial charge is 0.133 e.